The van der Waals surface area contributed by atoms with Gasteiger partial charge in [-0.3, -0.25) is 0 Å². The van der Waals surface area contributed by atoms with E-state index in [2.05, 4.69) is 0 Å². The molecule has 3 rings (SSSR count). The van der Waals surface area contributed by atoms with Gasteiger partial charge in [0.25, 0.3) is 0 Å². The zero-order chi connectivity index (χ0) is 29.4. The van der Waals surface area contributed by atoms with Gasteiger partial charge in [-0.05, 0) is 91.2 Å². The first-order chi connectivity index (χ1) is 17.7. The molecule has 3 aromatic carbocycles. The predicted molar refractivity (Wildman–Crippen MR) is 127 cm³/mol. The van der Waals surface area contributed by atoms with E-state index in [1.54, 1.807) is 19.1 Å². The van der Waals surface area contributed by atoms with Crippen LogP contribution >= 0.6 is 0 Å². The van der Waals surface area contributed by atoms with Crippen molar-refractivity contribution >= 4 is 9.76 Å². The molecular formula is C26H32O3Si. The third-order valence-corrected chi connectivity index (χ3v) is 5.30. The lowest BCUT2D eigenvalue weighted by Gasteiger charge is -2.19. The van der Waals surface area contributed by atoms with E-state index in [-0.39, 0.29) is 44.7 Å². The van der Waals surface area contributed by atoms with Crippen LogP contribution in [-0.2, 0) is 0 Å². The van der Waals surface area contributed by atoms with Crippen molar-refractivity contribution in [1.29, 1.82) is 0 Å². The lowest BCUT2D eigenvalue weighted by atomic mass is 10.1. The summed E-state index contributed by atoms with van der Waals surface area (Å²) in [6, 6.07) is 13.1. The third kappa shape index (κ3) is 6.67. The fraction of sp³-hybridized carbons (Fsp3) is 0.308. The zero-order valence-corrected chi connectivity index (χ0v) is 19.0. The van der Waals surface area contributed by atoms with Crippen molar-refractivity contribution in [3.8, 4) is 28.7 Å². The van der Waals surface area contributed by atoms with E-state index in [4.69, 9.17) is 26.2 Å². The van der Waals surface area contributed by atoms with Crippen LogP contribution in [0.4, 0.5) is 0 Å². The van der Waals surface area contributed by atoms with Crippen LogP contribution < -0.4 is 13.9 Å². The second-order valence-corrected chi connectivity index (χ2v) is 11.2. The van der Waals surface area contributed by atoms with Crippen LogP contribution in [-0.4, -0.2) is 9.76 Å². The molecule has 0 saturated heterocycles. The maximum absolute atomic E-state index is 7.90. The zero-order valence-electron chi connectivity index (χ0n) is 26.6. The summed E-state index contributed by atoms with van der Waals surface area (Å²) in [4.78, 5) is 0. The highest BCUT2D eigenvalue weighted by Crippen LogP contribution is 2.33. The Morgan fingerprint density at radius 1 is 0.600 bits per heavy atom. The molecule has 0 fully saturated rings. The maximum atomic E-state index is 7.90. The molecule has 0 aliphatic carbocycles. The van der Waals surface area contributed by atoms with Gasteiger partial charge in [0.2, 0.25) is 9.76 Å². The number of aryl methyl sites for hydroxylation is 4. The fourth-order valence-corrected chi connectivity index (χ4v) is 3.55. The van der Waals surface area contributed by atoms with Crippen molar-refractivity contribution < 1.29 is 26.2 Å². The molecular weight excluding hydrogens is 388 g/mol. The Bertz CT molecular complexity index is 1320. The quantitative estimate of drug-likeness (QED) is 0.388. The van der Waals surface area contributed by atoms with E-state index < -0.39 is 30.3 Å². The molecule has 30 heavy (non-hydrogen) atoms. The molecule has 0 aliphatic heterocycles. The predicted octanol–water partition coefficient (Wildman–Crippen LogP) is 7.19. The minimum absolute atomic E-state index is 0.0262. The van der Waals surface area contributed by atoms with Gasteiger partial charge >= 0.3 is 0 Å². The van der Waals surface area contributed by atoms with Crippen LogP contribution in [0.2, 0.25) is 5.04 Å². The third-order valence-electron chi connectivity index (χ3n) is 3.95. The molecule has 0 saturated carbocycles. The monoisotopic (exact) mass is 429 g/mol. The minimum Gasteiger partial charge on any atom is -0.549 e. The van der Waals surface area contributed by atoms with Crippen molar-refractivity contribution in [2.75, 3.05) is 0 Å². The highest BCUT2D eigenvalue weighted by Gasteiger charge is 2.13. The Labute approximate surface area is 195 Å². The first kappa shape index (κ1) is 12.9. The van der Waals surface area contributed by atoms with Crippen LogP contribution in [0, 0.1) is 27.5 Å². The topological polar surface area (TPSA) is 27.7 Å². The SMILES string of the molecule is [2H]C([2H])([2H])c1cc(C)cc(Oc2cc(Oc3cc(O[SiH2]C(C)(C)C)cc(C([2H])([2H])[2H])c3)cc(C([2H])([2H])[2H])c2)c1. The van der Waals surface area contributed by atoms with Crippen LogP contribution in [0.1, 0.15) is 55.4 Å². The minimum atomic E-state index is -2.50. The molecule has 158 valence electrons. The summed E-state index contributed by atoms with van der Waals surface area (Å²) in [7, 11) is -1.05. The van der Waals surface area contributed by atoms with Crippen LogP contribution in [0.3, 0.4) is 0 Å². The number of rotatable bonds is 6. The number of ether oxygens (including phenoxy) is 2. The smallest absolute Gasteiger partial charge is 0.224 e. The molecule has 0 atom stereocenters. The van der Waals surface area contributed by atoms with E-state index in [1.165, 1.54) is 42.5 Å². The van der Waals surface area contributed by atoms with Gasteiger partial charge in [-0.25, -0.2) is 0 Å². The van der Waals surface area contributed by atoms with E-state index >= 15 is 0 Å². The van der Waals surface area contributed by atoms with Gasteiger partial charge in [-0.15, -0.1) is 0 Å². The summed E-state index contributed by atoms with van der Waals surface area (Å²) < 4.78 is 88.2. The second kappa shape index (κ2) is 8.96. The largest absolute Gasteiger partial charge is 0.549 e. The normalized spacial score (nSPS) is 17.4. The number of benzene rings is 3. The summed E-state index contributed by atoms with van der Waals surface area (Å²) >= 11 is 0. The molecule has 0 unspecified atom stereocenters. The van der Waals surface area contributed by atoms with E-state index in [9.17, 15) is 0 Å². The Hall–Kier alpha value is -2.72. The standard InChI is InChI=1S/C26H32O3Si/c1-17-8-18(2)10-21(9-17)27-22-11-19(3)12-23(15-22)28-24-13-20(4)14-25(16-24)29-30-26(5,6)7/h8-16H,30H2,1-7H3/i1D3,3D3,4D3. The molecule has 3 aromatic rings. The van der Waals surface area contributed by atoms with Crippen molar-refractivity contribution in [2.45, 2.75) is 53.3 Å². The summed E-state index contributed by atoms with van der Waals surface area (Å²) in [5.41, 5.74) is 0.712. The molecule has 0 N–H and O–H groups in total. The highest BCUT2D eigenvalue weighted by molar-refractivity contribution is 6.32. The molecule has 0 aliphatic rings. The van der Waals surface area contributed by atoms with E-state index in [0.717, 1.165) is 0 Å². The van der Waals surface area contributed by atoms with E-state index in [0.29, 0.717) is 11.3 Å². The second-order valence-electron chi connectivity index (χ2n) is 8.47. The van der Waals surface area contributed by atoms with Gasteiger partial charge < -0.3 is 13.9 Å². The maximum Gasteiger partial charge on any atom is 0.224 e. The Morgan fingerprint density at radius 2 is 1.00 bits per heavy atom. The Morgan fingerprint density at radius 3 is 1.50 bits per heavy atom. The summed E-state index contributed by atoms with van der Waals surface area (Å²) in [6.07, 6.45) is 0. The molecule has 0 aromatic heterocycles. The number of hydrogen-bond acceptors (Lipinski definition) is 3. The van der Waals surface area contributed by atoms with Gasteiger partial charge in [-0.2, -0.15) is 0 Å². The molecule has 0 heterocycles. The average Bonchev–Trinajstić information content (AvgIpc) is 2.75. The summed E-state index contributed by atoms with van der Waals surface area (Å²) in [5, 5.41) is -0.0352. The molecule has 0 bridgehead atoms. The molecule has 0 spiro atoms. The van der Waals surface area contributed by atoms with Gasteiger partial charge in [0.1, 0.15) is 28.7 Å². The molecule has 0 amide bonds. The average molecular weight is 430 g/mol. The Kier molecular flexibility index (Phi) is 3.84. The lowest BCUT2D eigenvalue weighted by Crippen LogP contribution is -2.15. The lowest BCUT2D eigenvalue weighted by molar-refractivity contribution is 0.456. The first-order valence-corrected chi connectivity index (χ1v) is 10.9. The summed E-state index contributed by atoms with van der Waals surface area (Å²) in [6.45, 7) is 0.602. The summed E-state index contributed by atoms with van der Waals surface area (Å²) in [5.74, 6) is 0.964. The highest BCUT2D eigenvalue weighted by atomic mass is 28.2. The fourth-order valence-electron chi connectivity index (χ4n) is 2.78. The van der Waals surface area contributed by atoms with Crippen molar-refractivity contribution in [2.24, 2.45) is 0 Å². The molecule has 0 radical (unpaired) electrons. The van der Waals surface area contributed by atoms with Gasteiger partial charge in [0, 0.05) is 24.5 Å². The molecule has 4 heteroatoms. The van der Waals surface area contributed by atoms with Crippen molar-refractivity contribution in [3.05, 3.63) is 76.9 Å². The van der Waals surface area contributed by atoms with Crippen molar-refractivity contribution in [1.82, 2.24) is 0 Å². The van der Waals surface area contributed by atoms with Crippen LogP contribution in [0.25, 0.3) is 0 Å². The van der Waals surface area contributed by atoms with Gasteiger partial charge in [0.05, 0.1) is 0 Å². The Balaban J connectivity index is 2.03. The van der Waals surface area contributed by atoms with E-state index in [1.807, 2.05) is 20.8 Å². The van der Waals surface area contributed by atoms with Crippen molar-refractivity contribution in [3.63, 3.8) is 0 Å². The van der Waals surface area contributed by atoms with Gasteiger partial charge in [0.15, 0.2) is 0 Å². The van der Waals surface area contributed by atoms with Crippen LogP contribution in [0.5, 0.6) is 28.7 Å². The molecule has 3 nitrogen and oxygen atoms in total. The van der Waals surface area contributed by atoms with Gasteiger partial charge in [-0.1, -0.05) is 26.8 Å². The number of hydrogen-bond donors (Lipinski definition) is 0. The first-order valence-electron chi connectivity index (χ1n) is 14.1. The van der Waals surface area contributed by atoms with Crippen LogP contribution in [0.15, 0.2) is 54.6 Å².